The molecule has 12 nitrogen and oxygen atoms in total. The average molecular weight is 908 g/mol. The van der Waals surface area contributed by atoms with E-state index in [1.165, 1.54) is 4.90 Å². The third-order valence-corrected chi connectivity index (χ3v) is 13.0. The monoisotopic (exact) mass is 906 g/mol. The van der Waals surface area contributed by atoms with Crippen LogP contribution >= 0.6 is 23.4 Å². The number of nitrogens with zero attached hydrogens (tertiary/aromatic N) is 2. The van der Waals surface area contributed by atoms with Gasteiger partial charge in [0.25, 0.3) is 0 Å². The van der Waals surface area contributed by atoms with Gasteiger partial charge in [-0.1, -0.05) is 78.7 Å². The van der Waals surface area contributed by atoms with Crippen molar-refractivity contribution in [3.8, 4) is 11.5 Å². The van der Waals surface area contributed by atoms with Gasteiger partial charge in [-0.25, -0.2) is 4.79 Å². The molecule has 3 N–H and O–H groups in total. The molecule has 63 heavy (non-hydrogen) atoms. The molecule has 6 atom stereocenters. The number of thioether (sulfide) groups is 1. The number of amides is 1. The maximum absolute atomic E-state index is 14.3. The van der Waals surface area contributed by atoms with Crippen LogP contribution in [0.4, 0.5) is 4.79 Å². The van der Waals surface area contributed by atoms with Crippen LogP contribution in [0, 0.1) is 17.8 Å². The molecular weight excluding hydrogens is 844 g/mol. The van der Waals surface area contributed by atoms with Crippen molar-refractivity contribution in [2.45, 2.75) is 74.2 Å². The highest BCUT2D eigenvalue weighted by molar-refractivity contribution is 7.99. The van der Waals surface area contributed by atoms with Crippen molar-refractivity contribution >= 4 is 35.2 Å². The van der Waals surface area contributed by atoms with Crippen LogP contribution in [-0.4, -0.2) is 115 Å². The van der Waals surface area contributed by atoms with E-state index in [0.29, 0.717) is 36.7 Å². The van der Waals surface area contributed by atoms with Gasteiger partial charge in [-0.05, 0) is 79.0 Å². The number of fused-ring (bicyclic) bond motifs is 2. The summed E-state index contributed by atoms with van der Waals surface area (Å²) in [6.45, 7) is 5.14. The van der Waals surface area contributed by atoms with Crippen molar-refractivity contribution in [2.75, 3.05) is 71.0 Å². The zero-order valence-electron chi connectivity index (χ0n) is 36.1. The van der Waals surface area contributed by atoms with E-state index in [9.17, 15) is 20.1 Å². The first-order valence-corrected chi connectivity index (χ1v) is 23.7. The number of benzene rings is 3. The summed E-state index contributed by atoms with van der Waals surface area (Å²) in [5, 5.41) is 34.3. The van der Waals surface area contributed by atoms with E-state index in [2.05, 4.69) is 30.9 Å². The number of halogens is 1. The Morgan fingerprint density at radius 3 is 2.43 bits per heavy atom. The number of carbonyl (C=O) groups excluding carboxylic acids is 1. The summed E-state index contributed by atoms with van der Waals surface area (Å²) >= 11 is 7.79. The van der Waals surface area contributed by atoms with E-state index in [0.717, 1.165) is 48.1 Å². The van der Waals surface area contributed by atoms with E-state index >= 15 is 0 Å². The largest absolute Gasteiger partial charge is 0.493 e. The predicted molar refractivity (Wildman–Crippen MR) is 246 cm³/mol. The van der Waals surface area contributed by atoms with Crippen LogP contribution in [-0.2, 0) is 25.7 Å². The highest BCUT2D eigenvalue weighted by Crippen LogP contribution is 2.62. The summed E-state index contributed by atoms with van der Waals surface area (Å²) in [7, 11) is 0. The van der Waals surface area contributed by atoms with E-state index < -0.39 is 23.8 Å². The molecule has 0 saturated heterocycles. The number of aliphatic hydroxyl groups is 3. The zero-order chi connectivity index (χ0) is 44.3. The normalized spacial score (nSPS) is 22.9. The Hall–Kier alpha value is -4.08. The highest BCUT2D eigenvalue weighted by atomic mass is 35.5. The summed E-state index contributed by atoms with van der Waals surface area (Å²) in [4.78, 5) is 23.3. The second-order valence-electron chi connectivity index (χ2n) is 15.9. The van der Waals surface area contributed by atoms with Crippen LogP contribution in [0.2, 0.25) is 0 Å². The van der Waals surface area contributed by atoms with Gasteiger partial charge in [-0.2, -0.15) is 0 Å². The molecule has 3 aromatic carbocycles. The lowest BCUT2D eigenvalue weighted by Gasteiger charge is -2.59. The topological polar surface area (TPSA) is 149 Å². The second-order valence-corrected chi connectivity index (χ2v) is 17.4. The number of rotatable bonds is 27. The minimum absolute atomic E-state index is 0.0151. The van der Waals surface area contributed by atoms with E-state index in [-0.39, 0.29) is 89.5 Å². The summed E-state index contributed by atoms with van der Waals surface area (Å²) in [5.41, 5.74) is 3.50. The molecule has 0 aromatic heterocycles. The van der Waals surface area contributed by atoms with Crippen molar-refractivity contribution < 1.29 is 48.6 Å². The molecule has 14 heteroatoms. The molecule has 0 spiro atoms. The van der Waals surface area contributed by atoms with Crippen molar-refractivity contribution in [3.05, 3.63) is 114 Å². The number of hydrogen-bond donors (Lipinski definition) is 3. The molecule has 0 bridgehead atoms. The molecule has 1 fully saturated rings. The van der Waals surface area contributed by atoms with Crippen molar-refractivity contribution in [3.63, 3.8) is 0 Å². The van der Waals surface area contributed by atoms with Crippen LogP contribution in [0.1, 0.15) is 62.0 Å². The van der Waals surface area contributed by atoms with Crippen LogP contribution in [0.5, 0.6) is 11.5 Å². The van der Waals surface area contributed by atoms with Crippen molar-refractivity contribution in [2.24, 2.45) is 22.9 Å². The molecule has 6 rings (SSSR count). The van der Waals surface area contributed by atoms with Crippen LogP contribution < -0.4 is 9.47 Å². The molecule has 0 radical (unpaired) electrons. The Bertz CT molecular complexity index is 1920. The number of allylic oxidation sites excluding steroid dienone is 1. The molecule has 1 amide bonds. The molecule has 0 unspecified atom stereocenters. The van der Waals surface area contributed by atoms with Gasteiger partial charge in [0.05, 0.1) is 50.5 Å². The Morgan fingerprint density at radius 2 is 1.70 bits per heavy atom. The zero-order valence-corrected chi connectivity index (χ0v) is 37.6. The SMILES string of the molecule is C=CCO[C@@]12Oc3ccc(OCCSc4ccccc4)cc3[C@H]3[C@H](CCCCO)[C@@H](CCCCO)C=C(C(=NOCc4ccccc4)C[C@@H]1N(CCOCCO)C(=O)OCCCl)[C@H]32. The summed E-state index contributed by atoms with van der Waals surface area (Å²) in [5.74, 6) is 0.0751. The number of hydrogen-bond acceptors (Lipinski definition) is 12. The minimum Gasteiger partial charge on any atom is -0.493 e. The Kier molecular flexibility index (Phi) is 19.5. The number of aliphatic hydroxyl groups excluding tert-OH is 3. The molecular formula is C49H63ClN2O10S. The first-order valence-electron chi connectivity index (χ1n) is 22.2. The van der Waals surface area contributed by atoms with Gasteiger partial charge in [0.15, 0.2) is 0 Å². The van der Waals surface area contributed by atoms with Gasteiger partial charge < -0.3 is 43.8 Å². The third kappa shape index (κ3) is 12.6. The molecule has 1 heterocycles. The average Bonchev–Trinajstić information content (AvgIpc) is 3.31. The van der Waals surface area contributed by atoms with E-state index in [4.69, 9.17) is 45.3 Å². The standard InChI is InChI=1S/C49H63ClN2O10S/c1-2-26-60-49-45(52(22-28-57-29-25-55)48(56)59-27-21-50)34-43(51-61-35-36-13-5-3-6-14-36)41-32-37(15-9-11-23-53)40(18-10-12-24-54)46(47(41)49)42-33-38(19-20-44(42)62-49)58-30-31-63-39-16-7-4-8-17-39/h2-8,13-14,16-17,19-20,32-33,37,40,45-47,53-55H,1,9-12,15,18,21-31,34-35H2/t37-,40+,45-,46+,47+,49+/m0/s1. The maximum Gasteiger partial charge on any atom is 0.410 e. The maximum atomic E-state index is 14.3. The van der Waals surface area contributed by atoms with Gasteiger partial charge >= 0.3 is 6.09 Å². The van der Waals surface area contributed by atoms with Crippen LogP contribution in [0.15, 0.2) is 113 Å². The smallest absolute Gasteiger partial charge is 0.410 e. The van der Waals surface area contributed by atoms with Gasteiger partial charge in [0, 0.05) is 48.3 Å². The lowest BCUT2D eigenvalue weighted by Crippen LogP contribution is -2.70. The Balaban J connectivity index is 1.51. The number of ether oxygens (including phenoxy) is 5. The minimum atomic E-state index is -1.48. The lowest BCUT2D eigenvalue weighted by molar-refractivity contribution is -0.256. The fraction of sp³-hybridized carbons (Fsp3) is 0.510. The summed E-state index contributed by atoms with van der Waals surface area (Å²) in [6.07, 6.45) is 8.10. The molecule has 3 aliphatic rings. The molecule has 2 aliphatic carbocycles. The number of alkyl halides is 1. The van der Waals surface area contributed by atoms with Gasteiger partial charge in [-0.3, -0.25) is 4.90 Å². The lowest BCUT2D eigenvalue weighted by atomic mass is 9.55. The molecule has 342 valence electrons. The molecule has 1 saturated carbocycles. The first-order chi connectivity index (χ1) is 31.0. The van der Waals surface area contributed by atoms with Crippen LogP contribution in [0.25, 0.3) is 0 Å². The van der Waals surface area contributed by atoms with Gasteiger partial charge in [0.2, 0.25) is 5.79 Å². The summed E-state index contributed by atoms with van der Waals surface area (Å²) in [6, 6.07) is 25.2. The van der Waals surface area contributed by atoms with Gasteiger partial charge in [-0.15, -0.1) is 29.9 Å². The number of unbranched alkanes of at least 4 members (excludes halogenated alkanes) is 2. The molecule has 1 aliphatic heterocycles. The third-order valence-electron chi connectivity index (χ3n) is 11.9. The number of oxime groups is 1. The predicted octanol–water partition coefficient (Wildman–Crippen LogP) is 8.38. The summed E-state index contributed by atoms with van der Waals surface area (Å²) < 4.78 is 32.3. The molecule has 3 aromatic rings. The quantitative estimate of drug-likeness (QED) is 0.0223. The van der Waals surface area contributed by atoms with Crippen molar-refractivity contribution in [1.29, 1.82) is 0 Å². The first kappa shape index (κ1) is 48.4. The highest BCUT2D eigenvalue weighted by Gasteiger charge is 2.65. The van der Waals surface area contributed by atoms with E-state index in [1.54, 1.807) is 22.7 Å². The van der Waals surface area contributed by atoms with Gasteiger partial charge in [0.1, 0.15) is 30.8 Å². The fourth-order valence-electron chi connectivity index (χ4n) is 9.25. The Morgan fingerprint density at radius 1 is 0.937 bits per heavy atom. The fourth-order valence-corrected chi connectivity index (χ4v) is 10.1. The van der Waals surface area contributed by atoms with Crippen molar-refractivity contribution in [1.82, 2.24) is 4.90 Å². The van der Waals surface area contributed by atoms with E-state index in [1.807, 2.05) is 60.7 Å². The number of carbonyl (C=O) groups is 1. The van der Waals surface area contributed by atoms with Crippen LogP contribution in [0.3, 0.4) is 0 Å². The Labute approximate surface area is 381 Å². The second kappa shape index (κ2) is 25.4.